The fourth-order valence-corrected chi connectivity index (χ4v) is 5.47. The van der Waals surface area contributed by atoms with E-state index in [1.54, 1.807) is 6.08 Å². The van der Waals surface area contributed by atoms with Gasteiger partial charge in [-0.3, -0.25) is 14.4 Å². The van der Waals surface area contributed by atoms with Crippen molar-refractivity contribution in [3.8, 4) is 0 Å². The SMILES string of the molecule is CC/C=C\C/C=C\C/C=C\C/C=C\CCCCCCCCC(=O)OCC(COC(=O)C/C=C\C/C=C\C/C=C\CC)OC(=O)CCCCC/C=C\C=C/CCCC. The molecule has 0 heterocycles. The van der Waals surface area contributed by atoms with Gasteiger partial charge in [0.25, 0.3) is 0 Å². The summed E-state index contributed by atoms with van der Waals surface area (Å²) >= 11 is 0. The Balaban J connectivity index is 4.45. The Bertz CT molecular complexity index is 1230. The second-order valence-electron chi connectivity index (χ2n) is 14.2. The van der Waals surface area contributed by atoms with E-state index in [-0.39, 0.29) is 38.0 Å². The van der Waals surface area contributed by atoms with Crippen LogP contribution in [0, 0.1) is 0 Å². The molecule has 0 aliphatic rings. The van der Waals surface area contributed by atoms with Crippen LogP contribution >= 0.6 is 0 Å². The third-order valence-corrected chi connectivity index (χ3v) is 8.80. The topological polar surface area (TPSA) is 78.9 Å². The van der Waals surface area contributed by atoms with E-state index in [4.69, 9.17) is 14.2 Å². The summed E-state index contributed by atoms with van der Waals surface area (Å²) in [6.45, 7) is 6.18. The molecule has 0 bridgehead atoms. The van der Waals surface area contributed by atoms with Crippen molar-refractivity contribution >= 4 is 17.9 Å². The predicted molar refractivity (Wildman–Crippen MR) is 242 cm³/mol. The molecule has 0 saturated carbocycles. The maximum Gasteiger partial charge on any atom is 0.309 e. The number of hydrogen-bond acceptors (Lipinski definition) is 6. The van der Waals surface area contributed by atoms with Crippen molar-refractivity contribution in [1.29, 1.82) is 0 Å². The lowest BCUT2D eigenvalue weighted by molar-refractivity contribution is -0.166. The van der Waals surface area contributed by atoms with Crippen molar-refractivity contribution in [3.05, 3.63) is 109 Å². The fraction of sp³-hybridized carbons (Fsp3) is 0.588. The lowest BCUT2D eigenvalue weighted by atomic mass is 10.1. The first kappa shape index (κ1) is 53.1. The third-order valence-electron chi connectivity index (χ3n) is 8.80. The van der Waals surface area contributed by atoms with Gasteiger partial charge in [-0.05, 0) is 89.9 Å². The Morgan fingerprint density at radius 2 is 0.807 bits per heavy atom. The highest BCUT2D eigenvalue weighted by atomic mass is 16.6. The van der Waals surface area contributed by atoms with E-state index in [1.807, 2.05) is 6.08 Å². The van der Waals surface area contributed by atoms with Crippen LogP contribution in [0.5, 0.6) is 0 Å². The predicted octanol–water partition coefficient (Wildman–Crippen LogP) is 14.4. The first-order valence-electron chi connectivity index (χ1n) is 22.4. The lowest BCUT2D eigenvalue weighted by Gasteiger charge is -2.18. The zero-order valence-electron chi connectivity index (χ0n) is 36.3. The van der Waals surface area contributed by atoms with Crippen LogP contribution in [0.4, 0.5) is 0 Å². The summed E-state index contributed by atoms with van der Waals surface area (Å²) in [5.74, 6) is -1.11. The summed E-state index contributed by atoms with van der Waals surface area (Å²) in [5.41, 5.74) is 0. The van der Waals surface area contributed by atoms with Gasteiger partial charge >= 0.3 is 17.9 Å². The van der Waals surface area contributed by atoms with Gasteiger partial charge in [-0.2, -0.15) is 0 Å². The third kappa shape index (κ3) is 43.0. The first-order valence-corrected chi connectivity index (χ1v) is 22.4. The summed E-state index contributed by atoms with van der Waals surface area (Å²) in [6.07, 6.45) is 59.7. The molecule has 0 fully saturated rings. The molecule has 0 saturated heterocycles. The minimum Gasteiger partial charge on any atom is -0.462 e. The summed E-state index contributed by atoms with van der Waals surface area (Å²) in [7, 11) is 0. The maximum atomic E-state index is 12.7. The molecular weight excluding hydrogens is 709 g/mol. The largest absolute Gasteiger partial charge is 0.462 e. The Morgan fingerprint density at radius 1 is 0.404 bits per heavy atom. The number of esters is 3. The van der Waals surface area contributed by atoms with Gasteiger partial charge in [0.2, 0.25) is 0 Å². The second kappa shape index (κ2) is 44.8. The van der Waals surface area contributed by atoms with E-state index < -0.39 is 12.1 Å². The van der Waals surface area contributed by atoms with Gasteiger partial charge in [-0.25, -0.2) is 0 Å². The van der Waals surface area contributed by atoms with Crippen molar-refractivity contribution in [1.82, 2.24) is 0 Å². The van der Waals surface area contributed by atoms with Crippen molar-refractivity contribution in [2.45, 2.75) is 181 Å². The molecule has 0 spiro atoms. The van der Waals surface area contributed by atoms with Crippen LogP contribution in [-0.4, -0.2) is 37.2 Å². The van der Waals surface area contributed by atoms with Gasteiger partial charge in [0.1, 0.15) is 13.2 Å². The average Bonchev–Trinajstić information content (AvgIpc) is 3.21. The fourth-order valence-electron chi connectivity index (χ4n) is 5.47. The zero-order valence-corrected chi connectivity index (χ0v) is 36.3. The van der Waals surface area contributed by atoms with E-state index >= 15 is 0 Å². The molecule has 0 N–H and O–H groups in total. The van der Waals surface area contributed by atoms with Crippen LogP contribution < -0.4 is 0 Å². The standard InChI is InChI=1S/C51H80O6/c1-4-7-10-13-16-19-21-22-23-24-25-26-27-28-30-32-35-38-41-44-50(53)56-47-48(46-55-49(52)43-40-37-34-31-18-15-12-9-6-3)57-51(54)45-42-39-36-33-29-20-17-14-11-8-5-2/h7,9-10,12,14,16-20,22-23,25-26,29,31,37,40,48H,4-6,8,11,13,15,21,24,27-28,30,32-36,38-39,41-47H2,1-3H3/b10-7-,12-9-,17-14-,19-16-,23-22-,26-25-,29-20-,31-18-,40-37-. The summed E-state index contributed by atoms with van der Waals surface area (Å²) in [4.78, 5) is 37.6. The van der Waals surface area contributed by atoms with Crippen LogP contribution in [0.15, 0.2) is 109 Å². The van der Waals surface area contributed by atoms with E-state index in [9.17, 15) is 14.4 Å². The first-order chi connectivity index (χ1) is 28.0. The number of allylic oxidation sites excluding steroid dienone is 17. The van der Waals surface area contributed by atoms with E-state index in [0.29, 0.717) is 12.8 Å². The van der Waals surface area contributed by atoms with E-state index in [2.05, 4.69) is 118 Å². The number of hydrogen-bond donors (Lipinski definition) is 0. The normalized spacial score (nSPS) is 13.1. The molecule has 6 nitrogen and oxygen atoms in total. The smallest absolute Gasteiger partial charge is 0.309 e. The van der Waals surface area contributed by atoms with Gasteiger partial charge in [-0.1, -0.05) is 175 Å². The van der Waals surface area contributed by atoms with Crippen LogP contribution in [0.25, 0.3) is 0 Å². The van der Waals surface area contributed by atoms with Crippen LogP contribution in [0.3, 0.4) is 0 Å². The zero-order chi connectivity index (χ0) is 41.5. The molecule has 320 valence electrons. The van der Waals surface area contributed by atoms with Crippen LogP contribution in [-0.2, 0) is 28.6 Å². The highest BCUT2D eigenvalue weighted by Gasteiger charge is 2.19. The monoisotopic (exact) mass is 789 g/mol. The molecule has 1 unspecified atom stereocenters. The van der Waals surface area contributed by atoms with Crippen molar-refractivity contribution in [3.63, 3.8) is 0 Å². The minimum absolute atomic E-state index is 0.122. The summed E-state index contributed by atoms with van der Waals surface area (Å²) in [5, 5.41) is 0. The van der Waals surface area contributed by atoms with Crippen LogP contribution in [0.1, 0.15) is 175 Å². The van der Waals surface area contributed by atoms with Crippen molar-refractivity contribution < 1.29 is 28.6 Å². The highest BCUT2D eigenvalue weighted by Crippen LogP contribution is 2.11. The number of carbonyl (C=O) groups is 3. The average molecular weight is 789 g/mol. The minimum atomic E-state index is -0.832. The number of unbranched alkanes of at least 4 members (excludes halogenated alkanes) is 11. The Morgan fingerprint density at radius 3 is 1.35 bits per heavy atom. The lowest BCUT2D eigenvalue weighted by Crippen LogP contribution is -2.30. The Kier molecular flexibility index (Phi) is 41.7. The molecule has 0 amide bonds. The molecule has 0 rings (SSSR count). The van der Waals surface area contributed by atoms with Gasteiger partial charge in [-0.15, -0.1) is 0 Å². The van der Waals surface area contributed by atoms with Crippen molar-refractivity contribution in [2.75, 3.05) is 13.2 Å². The Hall–Kier alpha value is -3.93. The van der Waals surface area contributed by atoms with E-state index in [1.165, 1.54) is 25.7 Å². The van der Waals surface area contributed by atoms with Crippen LogP contribution in [0.2, 0.25) is 0 Å². The molecule has 0 aliphatic heterocycles. The highest BCUT2D eigenvalue weighted by molar-refractivity contribution is 5.72. The molecular formula is C51H80O6. The number of carbonyl (C=O) groups excluding carboxylic acids is 3. The summed E-state index contributed by atoms with van der Waals surface area (Å²) < 4.78 is 16.5. The van der Waals surface area contributed by atoms with Gasteiger partial charge in [0.15, 0.2) is 6.10 Å². The number of ether oxygens (including phenoxy) is 3. The number of rotatable bonds is 38. The van der Waals surface area contributed by atoms with Crippen molar-refractivity contribution in [2.24, 2.45) is 0 Å². The molecule has 6 heteroatoms. The maximum absolute atomic E-state index is 12.7. The second-order valence-corrected chi connectivity index (χ2v) is 14.2. The molecule has 57 heavy (non-hydrogen) atoms. The van der Waals surface area contributed by atoms with Gasteiger partial charge in [0.05, 0.1) is 6.42 Å². The quantitative estimate of drug-likeness (QED) is 0.0204. The van der Waals surface area contributed by atoms with Gasteiger partial charge in [0, 0.05) is 12.8 Å². The molecule has 0 aliphatic carbocycles. The Labute approximate surface area is 349 Å². The molecule has 0 aromatic rings. The molecule has 0 radical (unpaired) electrons. The molecule has 0 aromatic heterocycles. The van der Waals surface area contributed by atoms with E-state index in [0.717, 1.165) is 103 Å². The summed E-state index contributed by atoms with van der Waals surface area (Å²) in [6, 6.07) is 0. The van der Waals surface area contributed by atoms with Gasteiger partial charge < -0.3 is 14.2 Å². The molecule has 1 atom stereocenters. The molecule has 0 aromatic carbocycles.